The Kier molecular flexibility index (Phi) is 5.00. The number of likely N-dealkylation sites (N-methyl/N-ethyl adjacent to an activating group) is 1. The summed E-state index contributed by atoms with van der Waals surface area (Å²) in [6, 6.07) is 9.77. The van der Waals surface area contributed by atoms with Crippen molar-refractivity contribution in [1.29, 1.82) is 0 Å². The topological polar surface area (TPSA) is 58.4 Å². The van der Waals surface area contributed by atoms with Gasteiger partial charge in [0.1, 0.15) is 0 Å². The number of hydrogen-bond donors (Lipinski definition) is 1. The summed E-state index contributed by atoms with van der Waals surface area (Å²) >= 11 is 0. The van der Waals surface area contributed by atoms with Crippen molar-refractivity contribution in [2.24, 2.45) is 11.3 Å². The number of halogens is 3. The van der Waals surface area contributed by atoms with Gasteiger partial charge in [0.15, 0.2) is 6.10 Å². The van der Waals surface area contributed by atoms with Crippen LogP contribution >= 0.6 is 0 Å². The first-order valence-electron chi connectivity index (χ1n) is 9.94. The molecule has 0 aliphatic heterocycles. The van der Waals surface area contributed by atoms with Crippen molar-refractivity contribution in [3.63, 3.8) is 0 Å². The van der Waals surface area contributed by atoms with Crippen LogP contribution in [0.4, 0.5) is 13.2 Å². The lowest BCUT2D eigenvalue weighted by Gasteiger charge is -2.37. The summed E-state index contributed by atoms with van der Waals surface area (Å²) in [5.41, 5.74) is 3.61. The van der Waals surface area contributed by atoms with E-state index in [0.717, 1.165) is 27.4 Å². The smallest absolute Gasteiger partial charge is 0.382 e. The molecule has 4 rings (SSSR count). The summed E-state index contributed by atoms with van der Waals surface area (Å²) < 4.78 is 40.0. The molecule has 2 aliphatic carbocycles. The molecule has 0 saturated heterocycles. The molecule has 1 heterocycles. The Hall–Kier alpha value is -2.61. The molecular weight excluding hydrogens is 395 g/mol. The molecule has 2 aromatic rings. The molecule has 1 aromatic carbocycles. The highest BCUT2D eigenvalue weighted by atomic mass is 19.4. The molecule has 0 radical (unpaired) electrons. The zero-order chi connectivity index (χ0) is 21.7. The van der Waals surface area contributed by atoms with Crippen molar-refractivity contribution >= 4 is 12.0 Å². The second-order valence-corrected chi connectivity index (χ2v) is 8.43. The molecule has 2 aliphatic rings. The van der Waals surface area contributed by atoms with Gasteiger partial charge >= 0.3 is 6.18 Å². The largest absolute Gasteiger partial charge is 0.416 e. The zero-order valence-electron chi connectivity index (χ0n) is 16.9. The molecule has 30 heavy (non-hydrogen) atoms. The highest BCUT2D eigenvalue weighted by Crippen LogP contribution is 2.53. The first kappa shape index (κ1) is 20.7. The van der Waals surface area contributed by atoms with Gasteiger partial charge in [0.05, 0.1) is 24.1 Å². The molecule has 0 bridgehead atoms. The highest BCUT2D eigenvalue weighted by molar-refractivity contribution is 5.82. The molecule has 5 nitrogen and oxygen atoms in total. The van der Waals surface area contributed by atoms with Crippen LogP contribution in [0.15, 0.2) is 42.1 Å². The Balaban J connectivity index is 1.58. The number of fused-ring (bicyclic) bond motifs is 2. The number of allylic oxidation sites excluding steroid dienone is 1. The molecule has 3 atom stereocenters. The van der Waals surface area contributed by atoms with Crippen LogP contribution < -0.4 is 0 Å². The van der Waals surface area contributed by atoms with Crippen LogP contribution in [0.25, 0.3) is 11.8 Å². The van der Waals surface area contributed by atoms with E-state index in [2.05, 4.69) is 11.2 Å². The molecule has 1 fully saturated rings. The number of rotatable bonds is 4. The first-order chi connectivity index (χ1) is 14.1. The predicted octanol–water partition coefficient (Wildman–Crippen LogP) is 3.61. The van der Waals surface area contributed by atoms with Gasteiger partial charge in [-0.15, -0.1) is 0 Å². The van der Waals surface area contributed by atoms with Crippen molar-refractivity contribution in [3.05, 3.63) is 53.4 Å². The number of carbonyl (C=O) groups excluding carboxylic acids is 1. The van der Waals surface area contributed by atoms with Crippen LogP contribution in [0.1, 0.15) is 31.0 Å². The van der Waals surface area contributed by atoms with Crippen LogP contribution in [0.5, 0.6) is 0 Å². The SMILES string of the molecule is CN(CC(O)C(F)(F)F)C(=O)[C@H]1CCC2=Cc3c(cnn3-c3ccccc3)C[C@@]21C. The molecular formula is C22H24F3N3O2. The van der Waals surface area contributed by atoms with E-state index < -0.39 is 30.2 Å². The number of aliphatic hydroxyl groups is 1. The van der Waals surface area contributed by atoms with E-state index in [4.69, 9.17) is 0 Å². The minimum absolute atomic E-state index is 0.358. The summed E-state index contributed by atoms with van der Waals surface area (Å²) in [5, 5.41) is 13.9. The van der Waals surface area contributed by atoms with Gasteiger partial charge in [-0.3, -0.25) is 4.79 Å². The summed E-state index contributed by atoms with van der Waals surface area (Å²) in [5.74, 6) is -0.787. The third kappa shape index (κ3) is 3.43. The number of amides is 1. The van der Waals surface area contributed by atoms with Gasteiger partial charge in [-0.2, -0.15) is 18.3 Å². The number of aliphatic hydroxyl groups excluding tert-OH is 1. The Morgan fingerprint density at radius 2 is 2.07 bits per heavy atom. The van der Waals surface area contributed by atoms with E-state index >= 15 is 0 Å². The molecule has 0 spiro atoms. The van der Waals surface area contributed by atoms with Crippen LogP contribution in [0.3, 0.4) is 0 Å². The summed E-state index contributed by atoms with van der Waals surface area (Å²) in [6.45, 7) is 1.25. The lowest BCUT2D eigenvalue weighted by atomic mass is 9.69. The summed E-state index contributed by atoms with van der Waals surface area (Å²) in [4.78, 5) is 14.0. The number of benzene rings is 1. The third-order valence-corrected chi connectivity index (χ3v) is 6.46. The summed E-state index contributed by atoms with van der Waals surface area (Å²) in [7, 11) is 1.32. The Labute approximate surface area is 172 Å². The fourth-order valence-corrected chi connectivity index (χ4v) is 4.73. The number of aromatic nitrogens is 2. The predicted molar refractivity (Wildman–Crippen MR) is 106 cm³/mol. The van der Waals surface area contributed by atoms with E-state index in [-0.39, 0.29) is 5.91 Å². The summed E-state index contributed by atoms with van der Waals surface area (Å²) in [6.07, 6.45) is -1.51. The number of hydrogen-bond acceptors (Lipinski definition) is 3. The van der Waals surface area contributed by atoms with Crippen LogP contribution in [0.2, 0.25) is 0 Å². The Morgan fingerprint density at radius 3 is 2.73 bits per heavy atom. The number of nitrogens with zero attached hydrogens (tertiary/aromatic N) is 3. The van der Waals surface area contributed by atoms with Crippen molar-refractivity contribution in [1.82, 2.24) is 14.7 Å². The highest BCUT2D eigenvalue weighted by Gasteiger charge is 2.50. The zero-order valence-corrected chi connectivity index (χ0v) is 16.9. The number of carbonyl (C=O) groups is 1. The van der Waals surface area contributed by atoms with Gasteiger partial charge < -0.3 is 10.0 Å². The minimum atomic E-state index is -4.75. The van der Waals surface area contributed by atoms with Gasteiger partial charge in [-0.05, 0) is 43.0 Å². The molecule has 1 unspecified atom stereocenters. The average Bonchev–Trinajstić information content (AvgIpc) is 3.24. The minimum Gasteiger partial charge on any atom is -0.382 e. The van der Waals surface area contributed by atoms with Crippen molar-refractivity contribution < 1.29 is 23.1 Å². The first-order valence-corrected chi connectivity index (χ1v) is 9.94. The Bertz CT molecular complexity index is 983. The van der Waals surface area contributed by atoms with Gasteiger partial charge in [0, 0.05) is 18.4 Å². The molecule has 8 heteroatoms. The molecule has 160 valence electrons. The molecule has 1 saturated carbocycles. The fraction of sp³-hybridized carbons (Fsp3) is 0.455. The van der Waals surface area contributed by atoms with Crippen LogP contribution in [0, 0.1) is 11.3 Å². The maximum absolute atomic E-state index is 13.0. The van der Waals surface area contributed by atoms with Gasteiger partial charge in [0.2, 0.25) is 5.91 Å². The maximum Gasteiger partial charge on any atom is 0.416 e. The second kappa shape index (κ2) is 7.27. The van der Waals surface area contributed by atoms with E-state index in [1.807, 2.05) is 41.9 Å². The van der Waals surface area contributed by atoms with Crippen molar-refractivity contribution in [3.8, 4) is 5.69 Å². The molecule has 1 aromatic heterocycles. The monoisotopic (exact) mass is 419 g/mol. The average molecular weight is 419 g/mol. The lowest BCUT2D eigenvalue weighted by Crippen LogP contribution is -2.46. The van der Waals surface area contributed by atoms with Crippen molar-refractivity contribution in [2.45, 2.75) is 38.5 Å². The van der Waals surface area contributed by atoms with Crippen LogP contribution in [-0.2, 0) is 11.2 Å². The van der Waals surface area contributed by atoms with Crippen LogP contribution in [-0.4, -0.2) is 51.6 Å². The quantitative estimate of drug-likeness (QED) is 0.824. The Morgan fingerprint density at radius 1 is 1.37 bits per heavy atom. The number of para-hydroxylation sites is 1. The van der Waals surface area contributed by atoms with Crippen molar-refractivity contribution in [2.75, 3.05) is 13.6 Å². The maximum atomic E-state index is 13.0. The standard InChI is InChI=1S/C22H24F3N3O2/c1-21-11-14-12-26-28(16-6-4-3-5-7-16)18(14)10-15(21)8-9-17(21)20(30)27(2)13-19(29)22(23,24)25/h3-7,10,12,17,19,29H,8-9,11,13H2,1-2H3/t17-,19?,21+/m1/s1. The normalized spacial score (nSPS) is 24.1. The van der Waals surface area contributed by atoms with Gasteiger partial charge in [-0.25, -0.2) is 4.68 Å². The second-order valence-electron chi connectivity index (χ2n) is 8.43. The fourth-order valence-electron chi connectivity index (χ4n) is 4.73. The van der Waals surface area contributed by atoms with E-state index in [1.54, 1.807) is 6.20 Å². The van der Waals surface area contributed by atoms with E-state index in [9.17, 15) is 23.1 Å². The van der Waals surface area contributed by atoms with E-state index in [0.29, 0.717) is 19.3 Å². The molecule has 1 N–H and O–H groups in total. The van der Waals surface area contributed by atoms with E-state index in [1.165, 1.54) is 7.05 Å². The third-order valence-electron chi connectivity index (χ3n) is 6.46. The lowest BCUT2D eigenvalue weighted by molar-refractivity contribution is -0.208. The van der Waals surface area contributed by atoms with Gasteiger partial charge in [-0.1, -0.05) is 30.7 Å². The number of alkyl halides is 3. The molecule has 1 amide bonds. The van der Waals surface area contributed by atoms with Gasteiger partial charge in [0.25, 0.3) is 0 Å².